The predicted molar refractivity (Wildman–Crippen MR) is 116 cm³/mol. The van der Waals surface area contributed by atoms with E-state index in [2.05, 4.69) is 16.9 Å². The first-order chi connectivity index (χ1) is 14.3. The van der Waals surface area contributed by atoms with E-state index < -0.39 is 5.63 Å². The smallest absolute Gasteiger partial charge is 0.340 e. The molecule has 0 radical (unpaired) electrons. The van der Waals surface area contributed by atoms with Gasteiger partial charge in [-0.3, -0.25) is 4.79 Å². The molecule has 0 aliphatic heterocycles. The van der Waals surface area contributed by atoms with Gasteiger partial charge in [0.05, 0.1) is 23.7 Å². The summed E-state index contributed by atoms with van der Waals surface area (Å²) in [5, 5.41) is 3.58. The summed E-state index contributed by atoms with van der Waals surface area (Å²) in [5.74, 6) is 0.406. The predicted octanol–water partition coefficient (Wildman–Crippen LogP) is 3.31. The van der Waals surface area contributed by atoms with Crippen molar-refractivity contribution in [1.82, 2.24) is 14.9 Å². The lowest BCUT2D eigenvalue weighted by atomic mass is 10.0. The van der Waals surface area contributed by atoms with Crippen molar-refractivity contribution in [3.63, 3.8) is 0 Å². The number of nitrogens with zero attached hydrogens (tertiary/aromatic N) is 2. The molecule has 1 aromatic carbocycles. The van der Waals surface area contributed by atoms with E-state index in [-0.39, 0.29) is 12.3 Å². The van der Waals surface area contributed by atoms with Crippen molar-refractivity contribution >= 4 is 16.9 Å². The van der Waals surface area contributed by atoms with Gasteiger partial charge in [-0.2, -0.15) is 0 Å². The molecule has 0 saturated heterocycles. The highest BCUT2D eigenvalue weighted by Gasteiger charge is 2.18. The van der Waals surface area contributed by atoms with Gasteiger partial charge in [0.15, 0.2) is 0 Å². The molecule has 3 aromatic rings. The maximum Gasteiger partial charge on any atom is 0.340 e. The van der Waals surface area contributed by atoms with Crippen LogP contribution in [0.25, 0.3) is 11.0 Å². The Hall–Kier alpha value is -3.35. The fourth-order valence-electron chi connectivity index (χ4n) is 3.29. The van der Waals surface area contributed by atoms with Gasteiger partial charge in [-0.1, -0.05) is 6.58 Å². The van der Waals surface area contributed by atoms with E-state index in [0.29, 0.717) is 41.0 Å². The molecule has 0 saturated carbocycles. The highest BCUT2D eigenvalue weighted by molar-refractivity contribution is 5.89. The number of imidazole rings is 1. The van der Waals surface area contributed by atoms with Crippen LogP contribution in [0.5, 0.6) is 5.75 Å². The monoisotopic (exact) mass is 409 g/mol. The van der Waals surface area contributed by atoms with Crippen LogP contribution in [0.3, 0.4) is 0 Å². The molecule has 7 nitrogen and oxygen atoms in total. The quantitative estimate of drug-likeness (QED) is 0.333. The number of amides is 1. The van der Waals surface area contributed by atoms with E-state index in [1.165, 1.54) is 0 Å². The lowest BCUT2D eigenvalue weighted by Crippen LogP contribution is -2.29. The molecular formula is C23H27N3O4. The molecular weight excluding hydrogens is 382 g/mol. The number of carbonyl (C=O) groups is 1. The maximum absolute atomic E-state index is 12.6. The van der Waals surface area contributed by atoms with Crippen LogP contribution in [-0.4, -0.2) is 28.6 Å². The van der Waals surface area contributed by atoms with Crippen LogP contribution in [0, 0.1) is 13.8 Å². The number of hydrogen-bond acceptors (Lipinski definition) is 5. The number of hydrogen-bond donors (Lipinski definition) is 1. The Morgan fingerprint density at radius 1 is 1.33 bits per heavy atom. The molecule has 7 heteroatoms. The largest absolute Gasteiger partial charge is 0.488 e. The van der Waals surface area contributed by atoms with E-state index in [4.69, 9.17) is 9.15 Å². The lowest BCUT2D eigenvalue weighted by Gasteiger charge is -2.14. The molecule has 0 bridgehead atoms. The number of fused-ring (bicyclic) bond motifs is 1. The third-order valence-corrected chi connectivity index (χ3v) is 4.77. The van der Waals surface area contributed by atoms with Crippen molar-refractivity contribution in [3.8, 4) is 5.75 Å². The summed E-state index contributed by atoms with van der Waals surface area (Å²) in [5.41, 5.74) is 2.81. The first kappa shape index (κ1) is 21.4. The Morgan fingerprint density at radius 3 is 2.83 bits per heavy atom. The summed E-state index contributed by atoms with van der Waals surface area (Å²) in [6, 6.07) is 3.70. The van der Waals surface area contributed by atoms with E-state index in [1.807, 2.05) is 37.6 Å². The van der Waals surface area contributed by atoms with Gasteiger partial charge >= 0.3 is 5.63 Å². The van der Waals surface area contributed by atoms with E-state index in [1.54, 1.807) is 18.6 Å². The fraction of sp³-hybridized carbons (Fsp3) is 0.348. The zero-order chi connectivity index (χ0) is 21.7. The van der Waals surface area contributed by atoms with Crippen LogP contribution in [-0.2, 0) is 17.8 Å². The minimum Gasteiger partial charge on any atom is -0.488 e. The molecule has 0 spiro atoms. The third-order valence-electron chi connectivity index (χ3n) is 4.77. The molecule has 3 rings (SSSR count). The van der Waals surface area contributed by atoms with E-state index in [0.717, 1.165) is 24.1 Å². The summed E-state index contributed by atoms with van der Waals surface area (Å²) < 4.78 is 13.4. The highest BCUT2D eigenvalue weighted by Crippen LogP contribution is 2.31. The molecule has 0 fully saturated rings. The normalized spacial score (nSPS) is 10.9. The number of carbonyl (C=O) groups excluding carboxylic acids is 1. The first-order valence-corrected chi connectivity index (χ1v) is 9.91. The number of rotatable bonds is 9. The Labute approximate surface area is 175 Å². The molecule has 2 heterocycles. The molecule has 0 aliphatic carbocycles. The number of benzene rings is 1. The van der Waals surface area contributed by atoms with Crippen molar-refractivity contribution in [2.75, 3.05) is 13.2 Å². The minimum absolute atomic E-state index is 0.0387. The van der Waals surface area contributed by atoms with Gasteiger partial charge in [0.1, 0.15) is 17.9 Å². The molecule has 0 unspecified atom stereocenters. The van der Waals surface area contributed by atoms with Gasteiger partial charge < -0.3 is 19.0 Å². The van der Waals surface area contributed by atoms with Crippen LogP contribution in [0.1, 0.15) is 30.0 Å². The second-order valence-corrected chi connectivity index (χ2v) is 7.56. The van der Waals surface area contributed by atoms with E-state index >= 15 is 0 Å². The Morgan fingerprint density at radius 2 is 2.13 bits per heavy atom. The van der Waals surface area contributed by atoms with Gasteiger partial charge in [-0.15, -0.1) is 0 Å². The van der Waals surface area contributed by atoms with Crippen LogP contribution in [0.2, 0.25) is 0 Å². The van der Waals surface area contributed by atoms with Crippen molar-refractivity contribution in [1.29, 1.82) is 0 Å². The topological polar surface area (TPSA) is 86.4 Å². The Balaban J connectivity index is 1.76. The average Bonchev–Trinajstić information content (AvgIpc) is 3.19. The van der Waals surface area contributed by atoms with Crippen molar-refractivity contribution in [2.24, 2.45) is 0 Å². The number of nitrogens with one attached hydrogen (secondary N) is 1. The average molecular weight is 409 g/mol. The molecule has 30 heavy (non-hydrogen) atoms. The van der Waals surface area contributed by atoms with Crippen LogP contribution in [0.15, 0.2) is 52.2 Å². The Bertz CT molecular complexity index is 1110. The van der Waals surface area contributed by atoms with Gasteiger partial charge in [-0.05, 0) is 56.0 Å². The second kappa shape index (κ2) is 9.43. The highest BCUT2D eigenvalue weighted by atomic mass is 16.5. The summed E-state index contributed by atoms with van der Waals surface area (Å²) in [4.78, 5) is 29.0. The van der Waals surface area contributed by atoms with Crippen molar-refractivity contribution in [3.05, 3.63) is 70.1 Å². The number of aromatic nitrogens is 2. The zero-order valence-corrected chi connectivity index (χ0v) is 17.7. The minimum atomic E-state index is -0.495. The van der Waals surface area contributed by atoms with E-state index in [9.17, 15) is 9.59 Å². The Kier molecular flexibility index (Phi) is 6.72. The number of ether oxygens (including phenoxy) is 1. The first-order valence-electron chi connectivity index (χ1n) is 9.91. The van der Waals surface area contributed by atoms with Gasteiger partial charge in [0, 0.05) is 25.5 Å². The summed E-state index contributed by atoms with van der Waals surface area (Å²) in [7, 11) is 0. The van der Waals surface area contributed by atoms with Gasteiger partial charge in [0.25, 0.3) is 0 Å². The molecule has 2 aromatic heterocycles. The zero-order valence-electron chi connectivity index (χ0n) is 17.7. The van der Waals surface area contributed by atoms with Crippen LogP contribution < -0.4 is 15.7 Å². The van der Waals surface area contributed by atoms with Gasteiger partial charge in [0.2, 0.25) is 5.91 Å². The molecule has 0 aliphatic rings. The van der Waals surface area contributed by atoms with Crippen LogP contribution in [0.4, 0.5) is 0 Å². The summed E-state index contributed by atoms with van der Waals surface area (Å²) in [6.45, 7) is 11.1. The number of aryl methyl sites for hydroxylation is 3. The molecule has 0 atom stereocenters. The molecule has 1 amide bonds. The lowest BCUT2D eigenvalue weighted by molar-refractivity contribution is -0.120. The van der Waals surface area contributed by atoms with Crippen LogP contribution >= 0.6 is 0 Å². The fourth-order valence-corrected chi connectivity index (χ4v) is 3.29. The standard InChI is InChI=1S/C23H27N3O4/c1-15(2)13-29-19-10-16(3)11-20-22(19)17(4)18(23(28)30-20)12-21(27)25-6-5-8-26-9-7-24-14-26/h7,9-11,14H,1,5-6,8,12-13H2,2-4H3,(H,25,27). The molecule has 1 N–H and O–H groups in total. The second-order valence-electron chi connectivity index (χ2n) is 7.56. The third kappa shape index (κ3) is 5.17. The maximum atomic E-state index is 12.6. The van der Waals surface area contributed by atoms with Gasteiger partial charge in [-0.25, -0.2) is 9.78 Å². The SMILES string of the molecule is C=C(C)COc1cc(C)cc2oc(=O)c(CC(=O)NCCCn3ccnc3)c(C)c12. The summed E-state index contributed by atoms with van der Waals surface area (Å²) in [6.07, 6.45) is 6.06. The van der Waals surface area contributed by atoms with Crippen molar-refractivity contribution in [2.45, 2.75) is 40.2 Å². The summed E-state index contributed by atoms with van der Waals surface area (Å²) >= 11 is 0. The molecule has 158 valence electrons. The van der Waals surface area contributed by atoms with Crippen molar-refractivity contribution < 1.29 is 13.9 Å².